The van der Waals surface area contributed by atoms with Gasteiger partial charge in [-0.25, -0.2) is 19.0 Å². The number of H-pyrrole nitrogens is 1. The number of nitrogens with zero attached hydrogens (tertiary/aromatic N) is 5. The Kier molecular flexibility index (Phi) is 6.03. The number of rotatable bonds is 7. The Labute approximate surface area is 213 Å². The molecular weight excluding hydrogens is 475 g/mol. The van der Waals surface area contributed by atoms with Crippen molar-refractivity contribution in [2.24, 2.45) is 5.41 Å². The number of aromatic amines is 1. The van der Waals surface area contributed by atoms with E-state index in [4.69, 9.17) is 0 Å². The van der Waals surface area contributed by atoms with E-state index in [0.29, 0.717) is 23.1 Å². The van der Waals surface area contributed by atoms with Gasteiger partial charge in [0.15, 0.2) is 17.5 Å². The van der Waals surface area contributed by atoms with Crippen LogP contribution in [0.5, 0.6) is 0 Å². The Balaban J connectivity index is 1.24. The highest BCUT2D eigenvalue weighted by Gasteiger charge is 2.57. The number of carbonyl (C=O) groups is 1. The Hall–Kier alpha value is -4.12. The second-order valence-corrected chi connectivity index (χ2v) is 10.2. The second kappa shape index (κ2) is 9.07. The van der Waals surface area contributed by atoms with Crippen LogP contribution in [0.4, 0.5) is 16.0 Å². The van der Waals surface area contributed by atoms with Gasteiger partial charge in [-0.1, -0.05) is 13.0 Å². The monoisotopic (exact) mass is 504 g/mol. The highest BCUT2D eigenvalue weighted by Crippen LogP contribution is 2.54. The van der Waals surface area contributed by atoms with Crippen molar-refractivity contribution < 1.29 is 14.3 Å². The standard InChI is InChI=1S/C26H29FN8O2/c1-15-7-20(31-21(8-15)32-22-9-16(2)33-34-22)26(37)13-25(4,14-26)24(36)30-17(3)18-5-6-23(28-10-18)35-12-19(27)11-29-35/h5-12,17,37H,13-14H2,1-4H3,(H,30,36)(H2,31,32,33,34)/t17-,25?,26?/m0/s1. The molecular formula is C26H29FN8O2. The third kappa shape index (κ3) is 4.94. The maximum absolute atomic E-state index is 13.2. The summed E-state index contributed by atoms with van der Waals surface area (Å²) in [5, 5.41) is 28.5. The summed E-state index contributed by atoms with van der Waals surface area (Å²) in [4.78, 5) is 22.1. The lowest BCUT2D eigenvalue weighted by Crippen LogP contribution is -2.56. The normalized spacial score (nSPS) is 21.8. The molecule has 4 heterocycles. The summed E-state index contributed by atoms with van der Waals surface area (Å²) in [5.74, 6) is 1.10. The fourth-order valence-electron chi connectivity index (χ4n) is 4.83. The van der Waals surface area contributed by atoms with Crippen LogP contribution in [0.15, 0.2) is 48.9 Å². The van der Waals surface area contributed by atoms with E-state index in [1.54, 1.807) is 12.3 Å². The average Bonchev–Trinajstić information content (AvgIpc) is 3.45. The van der Waals surface area contributed by atoms with E-state index in [0.717, 1.165) is 23.0 Å². The second-order valence-electron chi connectivity index (χ2n) is 10.2. The van der Waals surface area contributed by atoms with Gasteiger partial charge in [0.25, 0.3) is 0 Å². The van der Waals surface area contributed by atoms with Crippen molar-refractivity contribution in [3.8, 4) is 5.82 Å². The molecule has 37 heavy (non-hydrogen) atoms. The molecule has 1 fully saturated rings. The molecule has 5 rings (SSSR count). The highest BCUT2D eigenvalue weighted by atomic mass is 19.1. The highest BCUT2D eigenvalue weighted by molar-refractivity contribution is 5.84. The van der Waals surface area contributed by atoms with E-state index in [2.05, 4.69) is 35.9 Å². The number of pyridine rings is 2. The van der Waals surface area contributed by atoms with Crippen molar-refractivity contribution >= 4 is 17.5 Å². The summed E-state index contributed by atoms with van der Waals surface area (Å²) in [5.41, 5.74) is 1.23. The molecule has 192 valence electrons. The number of hydrogen-bond donors (Lipinski definition) is 4. The van der Waals surface area contributed by atoms with Crippen LogP contribution in [0.3, 0.4) is 0 Å². The van der Waals surface area contributed by atoms with Gasteiger partial charge in [0, 0.05) is 18.0 Å². The average molecular weight is 505 g/mol. The minimum Gasteiger partial charge on any atom is -0.383 e. The van der Waals surface area contributed by atoms with Crippen molar-refractivity contribution in [2.75, 3.05) is 5.32 Å². The Morgan fingerprint density at radius 3 is 2.59 bits per heavy atom. The molecule has 1 aliphatic carbocycles. The zero-order chi connectivity index (χ0) is 26.4. The number of aryl methyl sites for hydroxylation is 2. The van der Waals surface area contributed by atoms with Crippen molar-refractivity contribution in [3.05, 3.63) is 77.3 Å². The molecule has 0 spiro atoms. The topological polar surface area (TPSA) is 134 Å². The predicted molar refractivity (Wildman–Crippen MR) is 135 cm³/mol. The molecule has 0 unspecified atom stereocenters. The lowest BCUT2D eigenvalue weighted by Gasteiger charge is -2.50. The number of hydrogen-bond acceptors (Lipinski definition) is 7. The number of halogens is 1. The van der Waals surface area contributed by atoms with E-state index in [9.17, 15) is 14.3 Å². The molecule has 0 bridgehead atoms. The largest absolute Gasteiger partial charge is 0.383 e. The molecule has 4 aromatic heterocycles. The zero-order valence-electron chi connectivity index (χ0n) is 21.1. The first-order valence-electron chi connectivity index (χ1n) is 12.0. The predicted octanol–water partition coefficient (Wildman–Crippen LogP) is 3.75. The fourth-order valence-corrected chi connectivity index (χ4v) is 4.83. The third-order valence-electron chi connectivity index (χ3n) is 6.73. The molecule has 0 saturated heterocycles. The van der Waals surface area contributed by atoms with Gasteiger partial charge in [0.1, 0.15) is 11.4 Å². The number of anilines is 2. The maximum atomic E-state index is 13.2. The molecule has 1 aliphatic rings. The number of aromatic nitrogens is 6. The number of aliphatic hydroxyl groups is 1. The Bertz CT molecular complexity index is 1440. The molecule has 0 aromatic carbocycles. The number of carbonyl (C=O) groups excluding carboxylic acids is 1. The van der Waals surface area contributed by atoms with Gasteiger partial charge in [-0.15, -0.1) is 0 Å². The van der Waals surface area contributed by atoms with Crippen molar-refractivity contribution in [1.82, 2.24) is 35.3 Å². The van der Waals surface area contributed by atoms with Crippen LogP contribution in [0, 0.1) is 25.1 Å². The molecule has 4 N–H and O–H groups in total. The molecule has 1 atom stereocenters. The third-order valence-corrected chi connectivity index (χ3v) is 6.73. The first kappa shape index (κ1) is 24.6. The maximum Gasteiger partial charge on any atom is 0.226 e. The minimum atomic E-state index is -1.21. The van der Waals surface area contributed by atoms with Gasteiger partial charge in [-0.05, 0) is 62.9 Å². The summed E-state index contributed by atoms with van der Waals surface area (Å²) >= 11 is 0. The first-order valence-corrected chi connectivity index (χ1v) is 12.0. The smallest absolute Gasteiger partial charge is 0.226 e. The summed E-state index contributed by atoms with van der Waals surface area (Å²) in [7, 11) is 0. The summed E-state index contributed by atoms with van der Waals surface area (Å²) in [6.45, 7) is 7.56. The van der Waals surface area contributed by atoms with Gasteiger partial charge in [-0.3, -0.25) is 9.89 Å². The van der Waals surface area contributed by atoms with Crippen LogP contribution in [-0.2, 0) is 10.4 Å². The van der Waals surface area contributed by atoms with Crippen molar-refractivity contribution in [1.29, 1.82) is 0 Å². The quantitative estimate of drug-likeness (QED) is 0.301. The molecule has 4 aromatic rings. The van der Waals surface area contributed by atoms with Gasteiger partial charge in [0.2, 0.25) is 5.91 Å². The van der Waals surface area contributed by atoms with Crippen LogP contribution in [0.25, 0.3) is 5.82 Å². The van der Waals surface area contributed by atoms with Crippen LogP contribution >= 0.6 is 0 Å². The van der Waals surface area contributed by atoms with Gasteiger partial charge in [0.05, 0.1) is 29.5 Å². The van der Waals surface area contributed by atoms with E-state index in [1.807, 2.05) is 52.0 Å². The van der Waals surface area contributed by atoms with Crippen molar-refractivity contribution in [2.45, 2.75) is 52.2 Å². The van der Waals surface area contributed by atoms with Gasteiger partial charge in [-0.2, -0.15) is 10.2 Å². The van der Waals surface area contributed by atoms with Gasteiger partial charge >= 0.3 is 0 Å². The molecule has 10 nitrogen and oxygen atoms in total. The molecule has 0 aliphatic heterocycles. The first-order chi connectivity index (χ1) is 17.5. The zero-order valence-corrected chi connectivity index (χ0v) is 21.1. The summed E-state index contributed by atoms with van der Waals surface area (Å²) in [6, 6.07) is 8.82. The van der Waals surface area contributed by atoms with E-state index >= 15 is 0 Å². The Morgan fingerprint density at radius 2 is 1.97 bits per heavy atom. The lowest BCUT2D eigenvalue weighted by atomic mass is 9.58. The van der Waals surface area contributed by atoms with E-state index in [1.165, 1.54) is 10.9 Å². The molecule has 1 saturated carbocycles. The molecule has 1 amide bonds. The number of nitrogens with one attached hydrogen (secondary N) is 3. The molecule has 0 radical (unpaired) electrons. The van der Waals surface area contributed by atoms with Crippen LogP contribution in [0.1, 0.15) is 55.2 Å². The van der Waals surface area contributed by atoms with Crippen LogP contribution in [0.2, 0.25) is 0 Å². The van der Waals surface area contributed by atoms with Crippen molar-refractivity contribution in [3.63, 3.8) is 0 Å². The SMILES string of the molecule is Cc1cc(Nc2cc(C)[nH]n2)nc(C2(O)CC(C)(C(=O)N[C@@H](C)c3ccc(-n4cc(F)cn4)nc3)C2)c1. The van der Waals surface area contributed by atoms with Crippen LogP contribution < -0.4 is 10.6 Å². The fraction of sp³-hybridized carbons (Fsp3) is 0.346. The summed E-state index contributed by atoms with van der Waals surface area (Å²) < 4.78 is 14.6. The minimum absolute atomic E-state index is 0.152. The van der Waals surface area contributed by atoms with E-state index in [-0.39, 0.29) is 24.8 Å². The van der Waals surface area contributed by atoms with Crippen LogP contribution in [-0.4, -0.2) is 41.0 Å². The summed E-state index contributed by atoms with van der Waals surface area (Å²) in [6.07, 6.45) is 4.48. The Morgan fingerprint density at radius 1 is 1.19 bits per heavy atom. The lowest BCUT2D eigenvalue weighted by molar-refractivity contribution is -0.164. The van der Waals surface area contributed by atoms with Gasteiger partial charge < -0.3 is 15.7 Å². The number of amides is 1. The van der Waals surface area contributed by atoms with E-state index < -0.39 is 16.8 Å². The molecule has 11 heteroatoms.